The first kappa shape index (κ1) is 17.6. The summed E-state index contributed by atoms with van der Waals surface area (Å²) >= 11 is 0. The van der Waals surface area contributed by atoms with Crippen LogP contribution in [-0.4, -0.2) is 31.1 Å². The van der Waals surface area contributed by atoms with Crippen LogP contribution in [-0.2, 0) is 19.1 Å². The Labute approximate surface area is 144 Å². The van der Waals surface area contributed by atoms with Crippen molar-refractivity contribution >= 4 is 12.1 Å². The lowest BCUT2D eigenvalue weighted by atomic mass is 9.50. The lowest BCUT2D eigenvalue weighted by molar-refractivity contribution is -0.232. The summed E-state index contributed by atoms with van der Waals surface area (Å²) in [7, 11) is 0. The number of ketones is 1. The van der Waals surface area contributed by atoms with Crippen molar-refractivity contribution in [2.45, 2.75) is 58.7 Å². The van der Waals surface area contributed by atoms with Crippen LogP contribution >= 0.6 is 0 Å². The van der Waals surface area contributed by atoms with E-state index in [1.807, 2.05) is 6.92 Å². The first-order valence-corrected chi connectivity index (χ1v) is 9.09. The molecule has 1 aliphatic heterocycles. The summed E-state index contributed by atoms with van der Waals surface area (Å²) in [6.07, 6.45) is 10.5. The third-order valence-corrected chi connectivity index (χ3v) is 6.96. The van der Waals surface area contributed by atoms with E-state index in [4.69, 9.17) is 15.9 Å². The molecule has 0 aromatic rings. The van der Waals surface area contributed by atoms with E-state index in [2.05, 4.69) is 12.8 Å². The predicted octanol–water partition coefficient (Wildman–Crippen LogP) is 2.99. The molecule has 1 spiro atoms. The summed E-state index contributed by atoms with van der Waals surface area (Å²) in [4.78, 5) is 24.4. The Morgan fingerprint density at radius 1 is 1.33 bits per heavy atom. The normalized spacial score (nSPS) is 41.6. The molecule has 0 aromatic carbocycles. The van der Waals surface area contributed by atoms with Gasteiger partial charge in [-0.1, -0.05) is 26.7 Å². The maximum atomic E-state index is 13.3. The van der Waals surface area contributed by atoms with Gasteiger partial charge in [-0.05, 0) is 25.2 Å². The van der Waals surface area contributed by atoms with Crippen molar-refractivity contribution in [1.82, 2.24) is 0 Å². The quantitative estimate of drug-likeness (QED) is 0.587. The minimum atomic E-state index is -0.726. The molecule has 1 heterocycles. The predicted molar refractivity (Wildman–Crippen MR) is 90.0 cm³/mol. The molecule has 0 N–H and O–H groups in total. The first-order valence-electron chi connectivity index (χ1n) is 9.09. The first-order chi connectivity index (χ1) is 11.3. The molecule has 24 heavy (non-hydrogen) atoms. The average molecular weight is 332 g/mol. The fraction of sp³-hybridized carbons (Fsp3) is 0.800. The standard InChI is InChI=1S/C20H28O4/c1-5-19-7-6-15(3)18(4,16(22)12-14(2)13-21)17(19)20(9-8-19)23-10-11-24-20/h1,13-15,17H,6-12H2,2-4H3/t14-,15-,17?,18?,19+/m1/s1. The van der Waals surface area contributed by atoms with Crippen molar-refractivity contribution in [3.63, 3.8) is 0 Å². The molecule has 1 saturated heterocycles. The molecule has 3 aliphatic rings. The second-order valence-electron chi connectivity index (χ2n) is 8.21. The second kappa shape index (κ2) is 5.97. The number of carbonyl (C=O) groups excluding carboxylic acids is 2. The highest BCUT2D eigenvalue weighted by Crippen LogP contribution is 2.67. The van der Waals surface area contributed by atoms with Gasteiger partial charge in [0.05, 0.1) is 13.2 Å². The molecule has 2 aliphatic carbocycles. The molecular weight excluding hydrogens is 304 g/mol. The number of hydrogen-bond donors (Lipinski definition) is 0. The van der Waals surface area contributed by atoms with Crippen molar-refractivity contribution < 1.29 is 19.1 Å². The van der Waals surface area contributed by atoms with Crippen molar-refractivity contribution in [2.75, 3.05) is 13.2 Å². The van der Waals surface area contributed by atoms with Gasteiger partial charge in [0.25, 0.3) is 0 Å². The lowest BCUT2D eigenvalue weighted by Gasteiger charge is -2.54. The zero-order chi connectivity index (χ0) is 17.6. The highest BCUT2D eigenvalue weighted by atomic mass is 16.7. The number of ether oxygens (including phenoxy) is 2. The Kier molecular flexibility index (Phi) is 4.38. The van der Waals surface area contributed by atoms with Crippen LogP contribution in [0.15, 0.2) is 0 Å². The van der Waals surface area contributed by atoms with Crippen LogP contribution in [0.4, 0.5) is 0 Å². The smallest absolute Gasteiger partial charge is 0.173 e. The molecule has 132 valence electrons. The van der Waals surface area contributed by atoms with Gasteiger partial charge in [-0.15, -0.1) is 6.42 Å². The van der Waals surface area contributed by atoms with Gasteiger partial charge < -0.3 is 14.3 Å². The molecule has 4 nitrogen and oxygen atoms in total. The highest BCUT2D eigenvalue weighted by molar-refractivity contribution is 5.87. The third-order valence-electron chi connectivity index (χ3n) is 6.96. The lowest BCUT2D eigenvalue weighted by Crippen LogP contribution is -2.58. The van der Waals surface area contributed by atoms with E-state index in [-0.39, 0.29) is 35.4 Å². The Hall–Kier alpha value is -1.18. The van der Waals surface area contributed by atoms with Crippen LogP contribution in [0.1, 0.15) is 52.9 Å². The maximum absolute atomic E-state index is 13.3. The van der Waals surface area contributed by atoms with Gasteiger partial charge in [0, 0.05) is 35.5 Å². The number of terminal acetylenes is 1. The van der Waals surface area contributed by atoms with E-state index in [0.717, 1.165) is 32.0 Å². The van der Waals surface area contributed by atoms with E-state index in [1.165, 1.54) is 0 Å². The Bertz CT molecular complexity index is 571. The summed E-state index contributed by atoms with van der Waals surface area (Å²) in [6, 6.07) is 0. The molecular formula is C20H28O4. The molecule has 5 atom stereocenters. The molecule has 4 heteroatoms. The van der Waals surface area contributed by atoms with Crippen LogP contribution in [0.3, 0.4) is 0 Å². The summed E-state index contributed by atoms with van der Waals surface area (Å²) in [5.74, 6) is 2.23. The molecule has 2 unspecified atom stereocenters. The zero-order valence-electron chi connectivity index (χ0n) is 15.0. The minimum Gasteiger partial charge on any atom is -0.347 e. The van der Waals surface area contributed by atoms with Crippen LogP contribution in [0.5, 0.6) is 0 Å². The van der Waals surface area contributed by atoms with Crippen LogP contribution in [0.2, 0.25) is 0 Å². The summed E-state index contributed by atoms with van der Waals surface area (Å²) in [6.45, 7) is 7.07. The number of hydrogen-bond acceptors (Lipinski definition) is 4. The summed E-state index contributed by atoms with van der Waals surface area (Å²) in [5, 5.41) is 0. The molecule has 3 rings (SSSR count). The maximum Gasteiger partial charge on any atom is 0.173 e. The van der Waals surface area contributed by atoms with Crippen molar-refractivity contribution in [1.29, 1.82) is 0 Å². The monoisotopic (exact) mass is 332 g/mol. The molecule has 0 amide bonds. The number of rotatable bonds is 4. The topological polar surface area (TPSA) is 52.6 Å². The Morgan fingerprint density at radius 3 is 2.58 bits per heavy atom. The fourth-order valence-corrected chi connectivity index (χ4v) is 5.47. The van der Waals surface area contributed by atoms with E-state index in [1.54, 1.807) is 6.92 Å². The van der Waals surface area contributed by atoms with E-state index in [0.29, 0.717) is 13.2 Å². The van der Waals surface area contributed by atoms with Gasteiger partial charge in [0.2, 0.25) is 0 Å². The van der Waals surface area contributed by atoms with E-state index < -0.39 is 11.2 Å². The van der Waals surface area contributed by atoms with Crippen LogP contribution < -0.4 is 0 Å². The zero-order valence-corrected chi connectivity index (χ0v) is 15.0. The molecule has 0 bridgehead atoms. The van der Waals surface area contributed by atoms with Gasteiger partial charge >= 0.3 is 0 Å². The molecule has 2 saturated carbocycles. The summed E-state index contributed by atoms with van der Waals surface area (Å²) in [5.41, 5.74) is -0.964. The third kappa shape index (κ3) is 2.29. The van der Waals surface area contributed by atoms with Gasteiger partial charge in [-0.25, -0.2) is 0 Å². The number of fused-ring (bicyclic) bond motifs is 2. The number of Topliss-reactive ketones (excluding diaryl/α,β-unsaturated/α-hetero) is 1. The van der Waals surface area contributed by atoms with Crippen LogP contribution in [0, 0.1) is 40.9 Å². The Morgan fingerprint density at radius 2 is 2.00 bits per heavy atom. The largest absolute Gasteiger partial charge is 0.347 e. The SMILES string of the molecule is C#C[C@@]12CC[C@@H](C)C(C)(C(=O)C[C@@H](C)C=O)C1C1(CC2)OCCO1. The van der Waals surface area contributed by atoms with E-state index >= 15 is 0 Å². The van der Waals surface area contributed by atoms with Gasteiger partial charge in [0.15, 0.2) is 5.79 Å². The highest BCUT2D eigenvalue weighted by Gasteiger charge is 2.70. The molecule has 3 fully saturated rings. The minimum absolute atomic E-state index is 0.124. The van der Waals surface area contributed by atoms with Gasteiger partial charge in [0.1, 0.15) is 12.1 Å². The van der Waals surface area contributed by atoms with Crippen molar-refractivity contribution in [3.05, 3.63) is 0 Å². The summed E-state index contributed by atoms with van der Waals surface area (Å²) < 4.78 is 12.2. The van der Waals surface area contributed by atoms with Crippen molar-refractivity contribution in [2.24, 2.45) is 28.6 Å². The molecule has 0 aromatic heterocycles. The van der Waals surface area contributed by atoms with Crippen molar-refractivity contribution in [3.8, 4) is 12.3 Å². The fourth-order valence-electron chi connectivity index (χ4n) is 5.47. The molecule has 0 radical (unpaired) electrons. The van der Waals surface area contributed by atoms with E-state index in [9.17, 15) is 9.59 Å². The second-order valence-corrected chi connectivity index (χ2v) is 8.21. The van der Waals surface area contributed by atoms with Crippen LogP contribution in [0.25, 0.3) is 0 Å². The van der Waals surface area contributed by atoms with Gasteiger partial charge in [-0.3, -0.25) is 4.79 Å². The van der Waals surface area contributed by atoms with Gasteiger partial charge in [-0.2, -0.15) is 0 Å². The number of aldehydes is 1. The number of carbonyl (C=O) groups is 2. The Balaban J connectivity index is 2.06. The average Bonchev–Trinajstić information content (AvgIpc) is 3.18.